The molecule has 0 aliphatic carbocycles. The van der Waals surface area contributed by atoms with Crippen molar-refractivity contribution >= 4 is 38.0 Å². The molecule has 1 N–H and O–H groups in total. The third-order valence-electron chi connectivity index (χ3n) is 9.96. The van der Waals surface area contributed by atoms with Crippen molar-refractivity contribution in [3.63, 3.8) is 0 Å². The molecule has 6 heterocycles. The van der Waals surface area contributed by atoms with Crippen molar-refractivity contribution in [3.05, 3.63) is 182 Å². The largest absolute Gasteiger partial charge is 0.380 e. The highest BCUT2D eigenvalue weighted by molar-refractivity contribution is 6.26. The second kappa shape index (κ2) is 13.3. The topological polar surface area (TPSA) is 76.5 Å². The van der Waals surface area contributed by atoms with E-state index < -0.39 is 0 Å². The Morgan fingerprint density at radius 2 is 0.815 bits per heavy atom. The Kier molecular flexibility index (Phi) is 7.77. The average Bonchev–Trinajstić information content (AvgIpc) is 3.27. The first kappa shape index (κ1) is 31.4. The van der Waals surface area contributed by atoms with Crippen LogP contribution in [0.2, 0.25) is 0 Å². The first-order valence-corrected chi connectivity index (χ1v) is 18.1. The van der Waals surface area contributed by atoms with Gasteiger partial charge in [0.1, 0.15) is 0 Å². The van der Waals surface area contributed by atoms with Gasteiger partial charge in [-0.25, -0.2) is 19.9 Å². The fourth-order valence-electron chi connectivity index (χ4n) is 7.35. The normalized spacial score (nSPS) is 12.6. The van der Waals surface area contributed by atoms with E-state index in [1.165, 1.54) is 32.3 Å². The van der Waals surface area contributed by atoms with Crippen LogP contribution < -0.4 is 5.32 Å². The predicted molar refractivity (Wildman–Crippen MR) is 220 cm³/mol. The molecular weight excluding hydrogens is 661 g/mol. The predicted octanol–water partition coefficient (Wildman–Crippen LogP) is 11.0. The van der Waals surface area contributed by atoms with E-state index in [0.29, 0.717) is 0 Å². The molecule has 0 fully saturated rings. The highest BCUT2D eigenvalue weighted by Crippen LogP contribution is 2.39. The second-order valence-electron chi connectivity index (χ2n) is 13.3. The standard InChI is InChI=1S/C48H32N6/c1-2-12-34-33(11-1)37-29-31(39-15-7-19-45(51-39)47-21-9-17-43(53-47)41-13-3-5-27-49-41)23-25-35(37)36-26-24-32(30-38(34)36)40-16-8-20-46(52-40)48-22-10-18-44(54-48)42-14-4-6-28-50-42/h1-27,29-30,50H,28H2. The van der Waals surface area contributed by atoms with Gasteiger partial charge in [-0.1, -0.05) is 91.0 Å². The number of hydrogen-bond donors (Lipinski definition) is 1. The summed E-state index contributed by atoms with van der Waals surface area (Å²) < 4.78 is 0. The Hall–Kier alpha value is -7.31. The number of rotatable bonds is 6. The molecule has 6 heteroatoms. The molecule has 0 saturated heterocycles. The van der Waals surface area contributed by atoms with Crippen LogP contribution in [0.25, 0.3) is 94.7 Å². The van der Waals surface area contributed by atoms with E-state index in [-0.39, 0.29) is 0 Å². The highest BCUT2D eigenvalue weighted by Gasteiger charge is 2.14. The molecule has 10 rings (SSSR count). The Balaban J connectivity index is 1.03. The number of nitrogens with one attached hydrogen (secondary N) is 1. The van der Waals surface area contributed by atoms with Gasteiger partial charge < -0.3 is 5.32 Å². The van der Waals surface area contributed by atoms with E-state index in [1.807, 2.05) is 66.7 Å². The van der Waals surface area contributed by atoms with Crippen molar-refractivity contribution in [1.29, 1.82) is 0 Å². The molecule has 0 bridgehead atoms. The number of allylic oxidation sites excluding steroid dienone is 2. The van der Waals surface area contributed by atoms with Gasteiger partial charge in [-0.15, -0.1) is 0 Å². The van der Waals surface area contributed by atoms with Gasteiger partial charge in [0.15, 0.2) is 0 Å². The van der Waals surface area contributed by atoms with Crippen LogP contribution in [0.5, 0.6) is 0 Å². The monoisotopic (exact) mass is 692 g/mol. The minimum absolute atomic E-state index is 0.797. The zero-order chi connectivity index (χ0) is 35.8. The highest BCUT2D eigenvalue weighted by atomic mass is 14.9. The van der Waals surface area contributed by atoms with E-state index in [0.717, 1.165) is 74.6 Å². The van der Waals surface area contributed by atoms with Gasteiger partial charge >= 0.3 is 0 Å². The summed E-state index contributed by atoms with van der Waals surface area (Å²) in [7, 11) is 0. The van der Waals surface area contributed by atoms with Crippen LogP contribution in [0.4, 0.5) is 0 Å². The van der Waals surface area contributed by atoms with E-state index in [4.69, 9.17) is 19.9 Å². The number of hydrogen-bond acceptors (Lipinski definition) is 6. The summed E-state index contributed by atoms with van der Waals surface area (Å²) in [6.45, 7) is 0.797. The quantitative estimate of drug-likeness (QED) is 0.175. The van der Waals surface area contributed by atoms with Gasteiger partial charge in [-0.2, -0.15) is 0 Å². The summed E-state index contributed by atoms with van der Waals surface area (Å²) in [6.07, 6.45) is 7.99. The minimum Gasteiger partial charge on any atom is -0.380 e. The number of fused-ring (bicyclic) bond motifs is 6. The molecule has 1 aliphatic heterocycles. The maximum absolute atomic E-state index is 5.11. The van der Waals surface area contributed by atoms with Crippen molar-refractivity contribution in [2.75, 3.05) is 6.54 Å². The van der Waals surface area contributed by atoms with Gasteiger partial charge in [-0.05, 0) is 111 Å². The smallest absolute Gasteiger partial charge is 0.0894 e. The fourth-order valence-corrected chi connectivity index (χ4v) is 7.35. The molecular formula is C48H32N6. The summed E-state index contributed by atoms with van der Waals surface area (Å²) in [6, 6.07) is 52.3. The molecule has 0 radical (unpaired) electrons. The summed E-state index contributed by atoms with van der Waals surface area (Å²) in [5.74, 6) is 0. The van der Waals surface area contributed by atoms with Crippen LogP contribution in [0.3, 0.4) is 0 Å². The Labute approximate surface area is 312 Å². The Morgan fingerprint density at radius 1 is 0.370 bits per heavy atom. The minimum atomic E-state index is 0.797. The molecule has 1 aliphatic rings. The molecule has 0 atom stereocenters. The first-order chi connectivity index (χ1) is 26.7. The average molecular weight is 693 g/mol. The lowest BCUT2D eigenvalue weighted by molar-refractivity contribution is 0.981. The van der Waals surface area contributed by atoms with Crippen LogP contribution in [0.1, 0.15) is 5.69 Å². The van der Waals surface area contributed by atoms with Gasteiger partial charge in [0.2, 0.25) is 0 Å². The summed E-state index contributed by atoms with van der Waals surface area (Å²) in [5, 5.41) is 10.6. The lowest BCUT2D eigenvalue weighted by atomic mass is 9.91. The van der Waals surface area contributed by atoms with Crippen molar-refractivity contribution in [2.45, 2.75) is 0 Å². The molecule has 54 heavy (non-hydrogen) atoms. The lowest BCUT2D eigenvalue weighted by Crippen LogP contribution is -2.15. The molecule has 0 spiro atoms. The maximum atomic E-state index is 5.11. The fraction of sp³-hybridized carbons (Fsp3) is 0.0208. The molecule has 0 saturated carbocycles. The van der Waals surface area contributed by atoms with Crippen molar-refractivity contribution in [1.82, 2.24) is 30.2 Å². The Bertz CT molecular complexity index is 2930. The van der Waals surface area contributed by atoms with E-state index in [2.05, 4.69) is 113 Å². The molecule has 9 aromatic rings. The molecule has 0 unspecified atom stereocenters. The van der Waals surface area contributed by atoms with E-state index >= 15 is 0 Å². The number of nitrogens with zero attached hydrogens (tertiary/aromatic N) is 5. The van der Waals surface area contributed by atoms with Gasteiger partial charge in [0, 0.05) is 23.9 Å². The third kappa shape index (κ3) is 5.76. The molecule has 254 valence electrons. The molecule has 0 amide bonds. The number of aromatic nitrogens is 5. The number of dihydropyridines is 1. The van der Waals surface area contributed by atoms with Gasteiger partial charge in [-0.3, -0.25) is 4.98 Å². The zero-order valence-corrected chi connectivity index (χ0v) is 29.2. The molecule has 6 nitrogen and oxygen atoms in total. The van der Waals surface area contributed by atoms with Gasteiger partial charge in [0.05, 0.1) is 56.9 Å². The van der Waals surface area contributed by atoms with Gasteiger partial charge in [0.25, 0.3) is 0 Å². The zero-order valence-electron chi connectivity index (χ0n) is 29.2. The number of benzene rings is 4. The lowest BCUT2D eigenvalue weighted by Gasteiger charge is -2.14. The van der Waals surface area contributed by atoms with Crippen LogP contribution in [-0.4, -0.2) is 31.5 Å². The Morgan fingerprint density at radius 3 is 1.33 bits per heavy atom. The van der Waals surface area contributed by atoms with Crippen LogP contribution in [0, 0.1) is 0 Å². The second-order valence-corrected chi connectivity index (χ2v) is 13.3. The van der Waals surface area contributed by atoms with Crippen LogP contribution in [0.15, 0.2) is 176 Å². The van der Waals surface area contributed by atoms with Crippen LogP contribution in [-0.2, 0) is 0 Å². The van der Waals surface area contributed by atoms with Crippen molar-refractivity contribution in [3.8, 4) is 56.7 Å². The molecule has 4 aromatic carbocycles. The maximum Gasteiger partial charge on any atom is 0.0894 e. The summed E-state index contributed by atoms with van der Waals surface area (Å²) >= 11 is 0. The van der Waals surface area contributed by atoms with E-state index in [9.17, 15) is 0 Å². The van der Waals surface area contributed by atoms with E-state index in [1.54, 1.807) is 6.20 Å². The van der Waals surface area contributed by atoms with Crippen molar-refractivity contribution < 1.29 is 0 Å². The summed E-state index contributed by atoms with van der Waals surface area (Å²) in [4.78, 5) is 24.5. The molecule has 5 aromatic heterocycles. The van der Waals surface area contributed by atoms with Crippen molar-refractivity contribution in [2.24, 2.45) is 0 Å². The SMILES string of the molecule is C1=CCNC(c2cccc(-c3cccc(-c4ccc5c6ccc(-c7cccc(-c8cccc(-c9ccccn9)n8)n7)cc6c6ccccc6c5c4)n3)n2)=C1. The third-order valence-corrected chi connectivity index (χ3v) is 9.96. The number of pyridine rings is 5. The summed E-state index contributed by atoms with van der Waals surface area (Å²) in [5.41, 5.74) is 10.8. The van der Waals surface area contributed by atoms with Crippen LogP contribution >= 0.6 is 0 Å². The first-order valence-electron chi connectivity index (χ1n) is 18.1.